The highest BCUT2D eigenvalue weighted by Crippen LogP contribution is 2.40. The second kappa shape index (κ2) is 12.6. The quantitative estimate of drug-likeness (QED) is 0.187. The molecule has 0 saturated carbocycles. The van der Waals surface area contributed by atoms with Gasteiger partial charge in [0.25, 0.3) is 35.1 Å². The number of carbonyl (C=O) groups is 6. The molecule has 258 valence electrons. The maximum Gasteiger partial charge on any atom is 0.299 e. The first kappa shape index (κ1) is 33.8. The topological polar surface area (TPSA) is 112 Å². The number of fused-ring (bicyclic) bond motifs is 3. The minimum atomic E-state index is -0.614. The van der Waals surface area contributed by atoms with E-state index in [1.54, 1.807) is 36.4 Å². The van der Waals surface area contributed by atoms with E-state index in [0.717, 1.165) is 50.1 Å². The lowest BCUT2D eigenvalue weighted by atomic mass is 9.82. The molecule has 3 heterocycles. The third-order valence-electron chi connectivity index (χ3n) is 10.6. The highest BCUT2D eigenvalue weighted by molar-refractivity contribution is 6.53. The zero-order valence-corrected chi connectivity index (χ0v) is 29.7. The van der Waals surface area contributed by atoms with Crippen LogP contribution in [-0.4, -0.2) is 35.1 Å². The predicted molar refractivity (Wildman–Crippen MR) is 195 cm³/mol. The minimum absolute atomic E-state index is 0.0995. The van der Waals surface area contributed by atoms with Gasteiger partial charge in [-0.05, 0) is 110 Å². The minimum Gasteiger partial charge on any atom is -0.300 e. The normalized spacial score (nSPS) is 15.1. The Morgan fingerprint density at radius 1 is 0.392 bits per heavy atom. The third-order valence-corrected chi connectivity index (χ3v) is 10.6. The second-order valence-electron chi connectivity index (χ2n) is 13.7. The molecule has 0 bridgehead atoms. The zero-order valence-electron chi connectivity index (χ0n) is 29.7. The number of carbonyl (C=O) groups excluding carboxylic acids is 6. The van der Waals surface area contributed by atoms with Crippen molar-refractivity contribution in [2.75, 3.05) is 14.7 Å². The lowest BCUT2D eigenvalue weighted by molar-refractivity contribution is -0.115. The number of ketones is 3. The van der Waals surface area contributed by atoms with E-state index in [4.69, 9.17) is 0 Å². The highest BCUT2D eigenvalue weighted by atomic mass is 16.2. The fraction of sp³-hybridized carbons (Fsp3) is 0.286. The van der Waals surface area contributed by atoms with Crippen LogP contribution in [0.25, 0.3) is 0 Å². The molecule has 3 amide bonds. The third kappa shape index (κ3) is 5.21. The van der Waals surface area contributed by atoms with Crippen molar-refractivity contribution in [2.24, 2.45) is 0 Å². The molecule has 4 aromatic rings. The molecule has 0 saturated heterocycles. The number of amides is 3. The number of rotatable bonds is 9. The Morgan fingerprint density at radius 3 is 0.882 bits per heavy atom. The number of Topliss-reactive ketones (excluding diaryl/α,β-unsaturated/α-hetero) is 3. The van der Waals surface area contributed by atoms with Crippen LogP contribution in [0.3, 0.4) is 0 Å². The van der Waals surface area contributed by atoms with E-state index < -0.39 is 35.1 Å². The Bertz CT molecular complexity index is 2000. The van der Waals surface area contributed by atoms with Crippen molar-refractivity contribution in [3.8, 4) is 0 Å². The van der Waals surface area contributed by atoms with Gasteiger partial charge in [0.2, 0.25) is 0 Å². The number of nitrogens with zero attached hydrogens (tertiary/aromatic N) is 3. The van der Waals surface area contributed by atoms with Crippen LogP contribution in [-0.2, 0) is 53.3 Å². The summed E-state index contributed by atoms with van der Waals surface area (Å²) < 4.78 is 0. The molecule has 0 fully saturated rings. The summed E-state index contributed by atoms with van der Waals surface area (Å²) in [4.78, 5) is 85.1. The van der Waals surface area contributed by atoms with Crippen molar-refractivity contribution in [1.82, 2.24) is 0 Å². The molecule has 4 aromatic carbocycles. The largest absolute Gasteiger partial charge is 0.300 e. The molecule has 0 aliphatic carbocycles. The van der Waals surface area contributed by atoms with Gasteiger partial charge in [-0.3, -0.25) is 28.8 Å². The number of benzene rings is 4. The number of hydrogen-bond donors (Lipinski definition) is 0. The Balaban J connectivity index is 1.44. The molecule has 7 rings (SSSR count). The van der Waals surface area contributed by atoms with Gasteiger partial charge >= 0.3 is 0 Å². The smallest absolute Gasteiger partial charge is 0.299 e. The van der Waals surface area contributed by atoms with Crippen molar-refractivity contribution in [3.05, 3.63) is 121 Å². The van der Waals surface area contributed by atoms with Gasteiger partial charge < -0.3 is 14.7 Å². The molecule has 9 heteroatoms. The van der Waals surface area contributed by atoms with Gasteiger partial charge in [-0.15, -0.1) is 0 Å². The van der Waals surface area contributed by atoms with Crippen LogP contribution >= 0.6 is 0 Å². The van der Waals surface area contributed by atoms with E-state index in [-0.39, 0.29) is 19.6 Å². The van der Waals surface area contributed by atoms with Gasteiger partial charge in [0.1, 0.15) is 0 Å². The zero-order chi connectivity index (χ0) is 36.5. The summed E-state index contributed by atoms with van der Waals surface area (Å²) in [6.45, 7) is 12.0. The molecule has 9 nitrogen and oxygen atoms in total. The summed E-state index contributed by atoms with van der Waals surface area (Å²) in [7, 11) is 0. The summed E-state index contributed by atoms with van der Waals surface area (Å²) in [5, 5.41) is 0. The molecule has 0 atom stereocenters. The Morgan fingerprint density at radius 2 is 0.647 bits per heavy atom. The van der Waals surface area contributed by atoms with Crippen LogP contribution in [0.2, 0.25) is 0 Å². The fourth-order valence-corrected chi connectivity index (χ4v) is 8.13. The van der Waals surface area contributed by atoms with Gasteiger partial charge in [-0.2, -0.15) is 0 Å². The molecule has 0 aromatic heterocycles. The first-order valence-corrected chi connectivity index (χ1v) is 17.5. The molecule has 0 N–H and O–H groups in total. The molecule has 0 radical (unpaired) electrons. The molecule has 3 aliphatic rings. The second-order valence-corrected chi connectivity index (χ2v) is 13.7. The van der Waals surface area contributed by atoms with E-state index in [1.165, 1.54) is 14.7 Å². The average Bonchev–Trinajstić information content (AvgIpc) is 3.59. The number of hydrogen-bond acceptors (Lipinski definition) is 6. The van der Waals surface area contributed by atoms with Crippen molar-refractivity contribution in [1.29, 1.82) is 0 Å². The van der Waals surface area contributed by atoms with Crippen LogP contribution in [0.1, 0.15) is 102 Å². The van der Waals surface area contributed by atoms with Gasteiger partial charge in [0.05, 0.1) is 53.4 Å². The standard InChI is InChI=1S/C42H39N3O6/c1-7-25-31(19-43-34-13-10-22(4)16-28(34)37(46)40(43)49)26(8-2)33(21-45-36-15-12-24(6)18-30(36)39(48)42(45)51)27(9-3)32(25)20-44-35-14-11-23(5)17-29(35)38(47)41(44)50/h10-18H,7-9,19-21H2,1-6H3. The summed E-state index contributed by atoms with van der Waals surface area (Å²) in [5.41, 5.74) is 10.6. The number of aryl methyl sites for hydroxylation is 3. The Kier molecular flexibility index (Phi) is 8.32. The van der Waals surface area contributed by atoms with Crippen LogP contribution < -0.4 is 14.7 Å². The molecular formula is C42H39N3O6. The highest BCUT2D eigenvalue weighted by Gasteiger charge is 2.41. The van der Waals surface area contributed by atoms with E-state index in [2.05, 4.69) is 0 Å². The maximum absolute atomic E-state index is 13.6. The Hall–Kier alpha value is -5.70. The van der Waals surface area contributed by atoms with Crippen LogP contribution in [0.15, 0.2) is 54.6 Å². The monoisotopic (exact) mass is 681 g/mol. The average molecular weight is 682 g/mol. The van der Waals surface area contributed by atoms with Crippen LogP contribution in [0.4, 0.5) is 17.1 Å². The van der Waals surface area contributed by atoms with Crippen LogP contribution in [0.5, 0.6) is 0 Å². The maximum atomic E-state index is 13.6. The first-order chi connectivity index (χ1) is 24.4. The molecular weight excluding hydrogens is 642 g/mol. The summed E-state index contributed by atoms with van der Waals surface area (Å²) >= 11 is 0. The van der Waals surface area contributed by atoms with Crippen molar-refractivity contribution in [3.63, 3.8) is 0 Å². The molecule has 0 spiro atoms. The SMILES string of the molecule is CCc1c(CN2C(=O)C(=O)c3cc(C)ccc32)c(CC)c(CN2C(=O)C(=O)c3cc(C)ccc32)c(CC)c1CN1C(=O)C(=O)c2cc(C)ccc21. The van der Waals surface area contributed by atoms with Crippen molar-refractivity contribution >= 4 is 52.1 Å². The van der Waals surface area contributed by atoms with E-state index >= 15 is 0 Å². The molecule has 51 heavy (non-hydrogen) atoms. The van der Waals surface area contributed by atoms with Crippen molar-refractivity contribution < 1.29 is 28.8 Å². The lowest BCUT2D eigenvalue weighted by Crippen LogP contribution is -2.34. The Labute approximate surface area is 296 Å². The van der Waals surface area contributed by atoms with Gasteiger partial charge in [0.15, 0.2) is 0 Å². The van der Waals surface area contributed by atoms with Gasteiger partial charge in [0, 0.05) is 0 Å². The van der Waals surface area contributed by atoms with E-state index in [1.807, 2.05) is 59.7 Å². The summed E-state index contributed by atoms with van der Waals surface area (Å²) in [5.74, 6) is -3.52. The fourth-order valence-electron chi connectivity index (χ4n) is 8.13. The van der Waals surface area contributed by atoms with E-state index in [0.29, 0.717) is 53.0 Å². The summed E-state index contributed by atoms with van der Waals surface area (Å²) in [6, 6.07) is 16.2. The predicted octanol–water partition coefficient (Wildman–Crippen LogP) is 6.49. The first-order valence-electron chi connectivity index (χ1n) is 17.5. The molecule has 3 aliphatic heterocycles. The number of anilines is 3. The van der Waals surface area contributed by atoms with Gasteiger partial charge in [-0.25, -0.2) is 0 Å². The summed E-state index contributed by atoms with van der Waals surface area (Å²) in [6.07, 6.45) is 1.63. The van der Waals surface area contributed by atoms with Crippen LogP contribution in [0, 0.1) is 20.8 Å². The lowest BCUT2D eigenvalue weighted by Gasteiger charge is -2.31. The van der Waals surface area contributed by atoms with Gasteiger partial charge in [-0.1, -0.05) is 55.7 Å². The van der Waals surface area contributed by atoms with Crippen molar-refractivity contribution in [2.45, 2.75) is 80.4 Å². The molecule has 0 unspecified atom stereocenters. The van der Waals surface area contributed by atoms with E-state index in [9.17, 15) is 28.8 Å².